The van der Waals surface area contributed by atoms with Gasteiger partial charge in [0, 0.05) is 15.6 Å². The molecule has 4 aromatic rings. The average Bonchev–Trinajstić information content (AvgIpc) is 3.02. The number of fused-ring (bicyclic) bond motifs is 2. The highest BCUT2D eigenvalue weighted by Crippen LogP contribution is 2.28. The van der Waals surface area contributed by atoms with E-state index in [9.17, 15) is 9.90 Å². The Kier molecular flexibility index (Phi) is 4.51. The van der Waals surface area contributed by atoms with Crippen molar-refractivity contribution in [1.29, 1.82) is 0 Å². The summed E-state index contributed by atoms with van der Waals surface area (Å²) in [5.74, 6) is -0.271. The van der Waals surface area contributed by atoms with Gasteiger partial charge in [-0.15, -0.1) is 0 Å². The fourth-order valence-corrected chi connectivity index (χ4v) is 3.90. The Hall–Kier alpha value is -2.97. The van der Waals surface area contributed by atoms with E-state index < -0.39 is 0 Å². The molecule has 0 saturated carbocycles. The number of anilines is 1. The molecule has 0 aliphatic carbocycles. The fourth-order valence-electron chi connectivity index (χ4n) is 2.75. The highest BCUT2D eigenvalue weighted by atomic mass is 79.9. The minimum atomic E-state index is -0.359. The number of thiazole rings is 1. The Morgan fingerprint density at radius 3 is 2.93 bits per heavy atom. The van der Waals surface area contributed by atoms with Gasteiger partial charge < -0.3 is 10.8 Å². The lowest BCUT2D eigenvalue weighted by Gasteiger charge is -2.06. The highest BCUT2D eigenvalue weighted by molar-refractivity contribution is 9.10. The van der Waals surface area contributed by atoms with Crippen molar-refractivity contribution in [3.05, 3.63) is 64.1 Å². The van der Waals surface area contributed by atoms with E-state index in [2.05, 4.69) is 31.4 Å². The SMILES string of the molecule is Nc1nc2ccc(C(=O)N/N=C\c3c(O)ccc4cc(Br)ccc34)cc2s1. The van der Waals surface area contributed by atoms with Crippen LogP contribution in [0.4, 0.5) is 5.13 Å². The van der Waals surface area contributed by atoms with E-state index in [1.165, 1.54) is 17.6 Å². The van der Waals surface area contributed by atoms with E-state index in [0.717, 1.165) is 25.5 Å². The van der Waals surface area contributed by atoms with Crippen LogP contribution in [0.15, 0.2) is 58.1 Å². The van der Waals surface area contributed by atoms with Gasteiger partial charge in [-0.05, 0) is 47.2 Å². The number of nitrogens with zero attached hydrogens (tertiary/aromatic N) is 2. The number of carbonyl (C=O) groups is 1. The highest BCUT2D eigenvalue weighted by Gasteiger charge is 2.09. The van der Waals surface area contributed by atoms with Crippen LogP contribution in [-0.2, 0) is 0 Å². The van der Waals surface area contributed by atoms with Gasteiger partial charge in [-0.25, -0.2) is 10.4 Å². The van der Waals surface area contributed by atoms with E-state index in [4.69, 9.17) is 5.73 Å². The van der Waals surface area contributed by atoms with Crippen LogP contribution in [0.5, 0.6) is 5.75 Å². The molecular formula is C19H13BrN4O2S. The molecule has 0 spiro atoms. The van der Waals surface area contributed by atoms with Crippen LogP contribution in [0.25, 0.3) is 21.0 Å². The van der Waals surface area contributed by atoms with E-state index in [-0.39, 0.29) is 11.7 Å². The van der Waals surface area contributed by atoms with Gasteiger partial charge in [0.15, 0.2) is 5.13 Å². The third-order valence-corrected chi connectivity index (χ3v) is 5.37. The third kappa shape index (κ3) is 3.49. The van der Waals surface area contributed by atoms with Gasteiger partial charge in [-0.3, -0.25) is 4.79 Å². The predicted octanol–water partition coefficient (Wildman–Crippen LogP) is 4.26. The van der Waals surface area contributed by atoms with Crippen LogP contribution in [0, 0.1) is 0 Å². The molecule has 1 heterocycles. The van der Waals surface area contributed by atoms with Crippen molar-refractivity contribution >= 4 is 65.5 Å². The van der Waals surface area contributed by atoms with Gasteiger partial charge in [0.05, 0.1) is 16.4 Å². The van der Waals surface area contributed by atoms with Crippen LogP contribution in [0.2, 0.25) is 0 Å². The number of nitrogens with one attached hydrogen (secondary N) is 1. The first-order valence-corrected chi connectivity index (χ1v) is 9.53. The Balaban J connectivity index is 1.58. The lowest BCUT2D eigenvalue weighted by atomic mass is 10.0. The molecule has 0 fully saturated rings. The molecule has 0 bridgehead atoms. The summed E-state index contributed by atoms with van der Waals surface area (Å²) >= 11 is 4.75. The number of hydrogen-bond donors (Lipinski definition) is 3. The average molecular weight is 441 g/mol. The molecular weight excluding hydrogens is 428 g/mol. The van der Waals surface area contributed by atoms with Crippen molar-refractivity contribution in [1.82, 2.24) is 10.4 Å². The quantitative estimate of drug-likeness (QED) is 0.327. The van der Waals surface area contributed by atoms with Gasteiger partial charge in [0.2, 0.25) is 0 Å². The fraction of sp³-hybridized carbons (Fsp3) is 0. The molecule has 0 unspecified atom stereocenters. The van der Waals surface area contributed by atoms with Crippen molar-refractivity contribution in [3.8, 4) is 5.75 Å². The Labute approximate surface area is 166 Å². The second-order valence-electron chi connectivity index (χ2n) is 5.80. The maximum absolute atomic E-state index is 12.3. The zero-order chi connectivity index (χ0) is 19.0. The molecule has 0 radical (unpaired) electrons. The number of halogens is 1. The van der Waals surface area contributed by atoms with Crippen molar-refractivity contribution in [2.45, 2.75) is 0 Å². The van der Waals surface area contributed by atoms with Crippen LogP contribution < -0.4 is 11.2 Å². The molecule has 0 atom stereocenters. The van der Waals surface area contributed by atoms with Crippen LogP contribution in [-0.4, -0.2) is 22.2 Å². The van der Waals surface area contributed by atoms with Crippen molar-refractivity contribution < 1.29 is 9.90 Å². The topological polar surface area (TPSA) is 101 Å². The number of amides is 1. The molecule has 0 aliphatic rings. The molecule has 1 aromatic heterocycles. The number of aromatic nitrogens is 1. The molecule has 3 aromatic carbocycles. The summed E-state index contributed by atoms with van der Waals surface area (Å²) in [6.45, 7) is 0. The number of rotatable bonds is 3. The smallest absolute Gasteiger partial charge is 0.271 e. The van der Waals surface area contributed by atoms with Gasteiger partial charge >= 0.3 is 0 Å². The first-order valence-electron chi connectivity index (χ1n) is 7.92. The standard InChI is InChI=1S/C19H13BrN4O2S/c20-12-3-4-13-10(7-12)2-6-16(25)14(13)9-22-24-18(26)11-1-5-15-17(8-11)27-19(21)23-15/h1-9,25H,(H2,21,23)(H,24,26)/b22-9-. The van der Waals surface area contributed by atoms with E-state index >= 15 is 0 Å². The van der Waals surface area contributed by atoms with E-state index in [1.54, 1.807) is 24.3 Å². The normalized spacial score (nSPS) is 11.4. The number of nitrogen functional groups attached to an aromatic ring is 1. The zero-order valence-electron chi connectivity index (χ0n) is 13.8. The van der Waals surface area contributed by atoms with Crippen LogP contribution in [0.1, 0.15) is 15.9 Å². The number of carbonyl (C=O) groups excluding carboxylic acids is 1. The number of nitrogens with two attached hydrogens (primary N) is 1. The van der Waals surface area contributed by atoms with Crippen molar-refractivity contribution in [2.75, 3.05) is 5.73 Å². The van der Waals surface area contributed by atoms with Crippen LogP contribution >= 0.6 is 27.3 Å². The maximum Gasteiger partial charge on any atom is 0.271 e. The third-order valence-electron chi connectivity index (χ3n) is 4.03. The molecule has 1 amide bonds. The number of benzene rings is 3. The Morgan fingerprint density at radius 1 is 1.22 bits per heavy atom. The lowest BCUT2D eigenvalue weighted by Crippen LogP contribution is -2.17. The molecule has 8 heteroatoms. The Morgan fingerprint density at radius 2 is 2.07 bits per heavy atom. The van der Waals surface area contributed by atoms with Gasteiger partial charge in [0.1, 0.15) is 5.75 Å². The maximum atomic E-state index is 12.3. The van der Waals surface area contributed by atoms with Gasteiger partial charge in [-0.2, -0.15) is 5.10 Å². The number of phenols is 1. The molecule has 4 rings (SSSR count). The lowest BCUT2D eigenvalue weighted by molar-refractivity contribution is 0.0955. The minimum Gasteiger partial charge on any atom is -0.507 e. The van der Waals surface area contributed by atoms with E-state index in [0.29, 0.717) is 16.3 Å². The molecule has 4 N–H and O–H groups in total. The molecule has 134 valence electrons. The number of hydrogen-bond acceptors (Lipinski definition) is 6. The molecule has 27 heavy (non-hydrogen) atoms. The molecule has 0 saturated heterocycles. The summed E-state index contributed by atoms with van der Waals surface area (Å²) in [4.78, 5) is 16.5. The molecule has 6 nitrogen and oxygen atoms in total. The second-order valence-corrected chi connectivity index (χ2v) is 7.78. The minimum absolute atomic E-state index is 0.0874. The zero-order valence-corrected chi connectivity index (χ0v) is 16.2. The Bertz CT molecular complexity index is 1220. The van der Waals surface area contributed by atoms with Gasteiger partial charge in [0.25, 0.3) is 5.91 Å². The van der Waals surface area contributed by atoms with Crippen molar-refractivity contribution in [2.24, 2.45) is 5.10 Å². The predicted molar refractivity (Wildman–Crippen MR) is 112 cm³/mol. The largest absolute Gasteiger partial charge is 0.507 e. The number of phenolic OH excluding ortho intramolecular Hbond substituents is 1. The van der Waals surface area contributed by atoms with Gasteiger partial charge in [-0.1, -0.05) is 39.4 Å². The summed E-state index contributed by atoms with van der Waals surface area (Å²) in [7, 11) is 0. The summed E-state index contributed by atoms with van der Waals surface area (Å²) in [5.41, 5.74) is 9.91. The second kappa shape index (κ2) is 6.98. The number of aromatic hydroxyl groups is 1. The van der Waals surface area contributed by atoms with Crippen molar-refractivity contribution in [3.63, 3.8) is 0 Å². The van der Waals surface area contributed by atoms with E-state index in [1.807, 2.05) is 24.3 Å². The number of hydrazone groups is 1. The van der Waals surface area contributed by atoms with Crippen LogP contribution in [0.3, 0.4) is 0 Å². The summed E-state index contributed by atoms with van der Waals surface area (Å²) in [6, 6.07) is 14.3. The monoisotopic (exact) mass is 440 g/mol. The summed E-state index contributed by atoms with van der Waals surface area (Å²) in [6.07, 6.45) is 1.44. The first-order chi connectivity index (χ1) is 13.0. The summed E-state index contributed by atoms with van der Waals surface area (Å²) < 4.78 is 1.78. The summed E-state index contributed by atoms with van der Waals surface area (Å²) in [5, 5.41) is 16.4. The first kappa shape index (κ1) is 17.4. The molecule has 0 aliphatic heterocycles.